The molecule has 0 bridgehead atoms. The van der Waals surface area contributed by atoms with Gasteiger partial charge in [0, 0.05) is 22.0 Å². The van der Waals surface area contributed by atoms with Gasteiger partial charge in [-0.05, 0) is 42.8 Å². The summed E-state index contributed by atoms with van der Waals surface area (Å²) in [6.07, 6.45) is 0. The molecule has 0 aliphatic rings. The lowest BCUT2D eigenvalue weighted by atomic mass is 10.1. The maximum atomic E-state index is 6.11. The van der Waals surface area contributed by atoms with Gasteiger partial charge in [0.05, 0.1) is 10.7 Å². The molecule has 0 saturated heterocycles. The van der Waals surface area contributed by atoms with E-state index >= 15 is 0 Å². The molecule has 1 aromatic carbocycles. The zero-order chi connectivity index (χ0) is 11.5. The van der Waals surface area contributed by atoms with Gasteiger partial charge in [0.25, 0.3) is 0 Å². The number of aromatic nitrogens is 1. The summed E-state index contributed by atoms with van der Waals surface area (Å²) in [6, 6.07) is 7.48. The Bertz CT molecular complexity index is 496. The van der Waals surface area contributed by atoms with Gasteiger partial charge in [-0.1, -0.05) is 23.2 Å². The molecule has 16 heavy (non-hydrogen) atoms. The molecule has 2 aromatic rings. The summed E-state index contributed by atoms with van der Waals surface area (Å²) in [4.78, 5) is 1.18. The van der Waals surface area contributed by atoms with Crippen molar-refractivity contribution in [3.63, 3.8) is 0 Å². The van der Waals surface area contributed by atoms with Crippen molar-refractivity contribution in [2.75, 3.05) is 7.05 Å². The Balaban J connectivity index is 2.35. The first-order chi connectivity index (χ1) is 7.70. The van der Waals surface area contributed by atoms with E-state index in [9.17, 15) is 0 Å². The molecule has 1 aromatic heterocycles. The number of benzene rings is 1. The minimum atomic E-state index is 0.633. The number of nitrogens with one attached hydrogen (secondary N) is 1. The van der Waals surface area contributed by atoms with Crippen molar-refractivity contribution in [3.8, 4) is 11.3 Å². The molecule has 0 amide bonds. The number of hydrogen-bond donors (Lipinski definition) is 1. The predicted molar refractivity (Wildman–Crippen MR) is 70.3 cm³/mol. The van der Waals surface area contributed by atoms with E-state index in [1.165, 1.54) is 16.4 Å². The monoisotopic (exact) mass is 272 g/mol. The van der Waals surface area contributed by atoms with Crippen LogP contribution in [0.4, 0.5) is 0 Å². The number of hydrogen-bond acceptors (Lipinski definition) is 3. The molecular weight excluding hydrogens is 263 g/mol. The van der Waals surface area contributed by atoms with Crippen molar-refractivity contribution in [3.05, 3.63) is 39.2 Å². The van der Waals surface area contributed by atoms with E-state index in [4.69, 9.17) is 23.2 Å². The van der Waals surface area contributed by atoms with Crippen LogP contribution in [0, 0.1) is 0 Å². The Kier molecular flexibility index (Phi) is 3.82. The first-order valence-corrected chi connectivity index (χ1v) is 6.29. The second-order valence-corrected chi connectivity index (χ2v) is 5.07. The molecule has 0 spiro atoms. The zero-order valence-electron chi connectivity index (χ0n) is 8.63. The van der Waals surface area contributed by atoms with E-state index < -0.39 is 0 Å². The maximum absolute atomic E-state index is 6.11. The fourth-order valence-corrected chi connectivity index (χ4v) is 2.64. The van der Waals surface area contributed by atoms with E-state index in [1.54, 1.807) is 6.07 Å². The third-order valence-corrected chi connectivity index (χ3v) is 3.45. The smallest absolute Gasteiger partial charge is 0.0858 e. The second-order valence-electron chi connectivity index (χ2n) is 3.33. The molecule has 0 saturated carbocycles. The van der Waals surface area contributed by atoms with Crippen molar-refractivity contribution in [1.29, 1.82) is 0 Å². The molecule has 0 aliphatic heterocycles. The van der Waals surface area contributed by atoms with Crippen molar-refractivity contribution < 1.29 is 0 Å². The van der Waals surface area contributed by atoms with Gasteiger partial charge in [0.1, 0.15) is 0 Å². The van der Waals surface area contributed by atoms with Crippen molar-refractivity contribution in [1.82, 2.24) is 9.69 Å². The standard InChI is InChI=1S/C11H10Cl2N2S/c1-14-6-8-5-11(15-16-8)9-3-2-7(12)4-10(9)13/h2-5,14H,6H2,1H3. The first-order valence-electron chi connectivity index (χ1n) is 4.76. The first kappa shape index (κ1) is 11.9. The van der Waals surface area contributed by atoms with Crippen LogP contribution in [0.15, 0.2) is 24.3 Å². The number of rotatable bonds is 3. The predicted octanol–water partition coefficient (Wildman–Crippen LogP) is 3.84. The molecule has 0 aliphatic carbocycles. The molecule has 1 heterocycles. The van der Waals surface area contributed by atoms with Crippen LogP contribution in [0.5, 0.6) is 0 Å². The third kappa shape index (κ3) is 2.55. The molecule has 84 valence electrons. The molecular formula is C11H10Cl2N2S. The minimum Gasteiger partial charge on any atom is -0.315 e. The lowest BCUT2D eigenvalue weighted by Gasteiger charge is -2.00. The highest BCUT2D eigenvalue weighted by molar-refractivity contribution is 7.06. The van der Waals surface area contributed by atoms with Crippen molar-refractivity contribution in [2.45, 2.75) is 6.54 Å². The van der Waals surface area contributed by atoms with Crippen molar-refractivity contribution >= 4 is 34.7 Å². The molecule has 0 atom stereocenters. The van der Waals surface area contributed by atoms with Gasteiger partial charge in [-0.25, -0.2) is 0 Å². The normalized spacial score (nSPS) is 10.7. The van der Waals surface area contributed by atoms with E-state index in [0.29, 0.717) is 10.0 Å². The van der Waals surface area contributed by atoms with Crippen LogP contribution in [0.3, 0.4) is 0 Å². The van der Waals surface area contributed by atoms with E-state index in [2.05, 4.69) is 9.69 Å². The van der Waals surface area contributed by atoms with Gasteiger partial charge < -0.3 is 5.32 Å². The Hall–Kier alpha value is -0.610. The molecule has 2 rings (SSSR count). The SMILES string of the molecule is CNCc1cc(-c2ccc(Cl)cc2Cl)ns1. The summed E-state index contributed by atoms with van der Waals surface area (Å²) >= 11 is 13.4. The lowest BCUT2D eigenvalue weighted by Crippen LogP contribution is -2.02. The van der Waals surface area contributed by atoms with Crippen LogP contribution in [-0.2, 0) is 6.54 Å². The lowest BCUT2D eigenvalue weighted by molar-refractivity contribution is 0.831. The summed E-state index contributed by atoms with van der Waals surface area (Å²) in [6.45, 7) is 0.822. The average Bonchev–Trinajstić information content (AvgIpc) is 2.67. The number of halogens is 2. The number of nitrogens with zero attached hydrogens (tertiary/aromatic N) is 1. The van der Waals surface area contributed by atoms with Crippen LogP contribution in [-0.4, -0.2) is 11.4 Å². The second kappa shape index (κ2) is 5.15. The largest absolute Gasteiger partial charge is 0.315 e. The van der Waals surface area contributed by atoms with Gasteiger partial charge in [0.15, 0.2) is 0 Å². The highest BCUT2D eigenvalue weighted by Crippen LogP contribution is 2.30. The minimum absolute atomic E-state index is 0.633. The van der Waals surface area contributed by atoms with E-state index in [1.807, 2.05) is 25.2 Å². The van der Waals surface area contributed by atoms with E-state index in [-0.39, 0.29) is 0 Å². The zero-order valence-corrected chi connectivity index (χ0v) is 11.0. The third-order valence-electron chi connectivity index (χ3n) is 2.12. The summed E-state index contributed by atoms with van der Waals surface area (Å²) < 4.78 is 4.37. The van der Waals surface area contributed by atoms with E-state index in [0.717, 1.165) is 17.8 Å². The van der Waals surface area contributed by atoms with Crippen molar-refractivity contribution in [2.24, 2.45) is 0 Å². The quantitative estimate of drug-likeness (QED) is 0.919. The van der Waals surface area contributed by atoms with Gasteiger partial charge in [-0.2, -0.15) is 4.37 Å². The summed E-state index contributed by atoms with van der Waals surface area (Å²) in [5, 5.41) is 4.36. The van der Waals surface area contributed by atoms with Gasteiger partial charge in [-0.3, -0.25) is 0 Å². The van der Waals surface area contributed by atoms with Crippen LogP contribution >= 0.6 is 34.7 Å². The Morgan fingerprint density at radius 3 is 2.81 bits per heavy atom. The van der Waals surface area contributed by atoms with Gasteiger partial charge >= 0.3 is 0 Å². The van der Waals surface area contributed by atoms with Crippen LogP contribution in [0.25, 0.3) is 11.3 Å². The van der Waals surface area contributed by atoms with Gasteiger partial charge in [-0.15, -0.1) is 0 Å². The fourth-order valence-electron chi connectivity index (χ4n) is 1.39. The Morgan fingerprint density at radius 1 is 1.31 bits per heavy atom. The van der Waals surface area contributed by atoms with Gasteiger partial charge in [0.2, 0.25) is 0 Å². The molecule has 0 unspecified atom stereocenters. The summed E-state index contributed by atoms with van der Waals surface area (Å²) in [5.74, 6) is 0. The molecule has 0 radical (unpaired) electrons. The highest BCUT2D eigenvalue weighted by atomic mass is 35.5. The van der Waals surface area contributed by atoms with Crippen LogP contribution in [0.1, 0.15) is 4.88 Å². The topological polar surface area (TPSA) is 24.9 Å². The Labute approximate surface area is 108 Å². The molecule has 1 N–H and O–H groups in total. The van der Waals surface area contributed by atoms with Crippen LogP contribution < -0.4 is 5.32 Å². The average molecular weight is 273 g/mol. The molecule has 2 nitrogen and oxygen atoms in total. The van der Waals surface area contributed by atoms with Crippen LogP contribution in [0.2, 0.25) is 10.0 Å². The molecule has 5 heteroatoms. The fraction of sp³-hybridized carbons (Fsp3) is 0.182. The molecule has 0 fully saturated rings. The highest BCUT2D eigenvalue weighted by Gasteiger charge is 2.08. The maximum Gasteiger partial charge on any atom is 0.0858 e. The summed E-state index contributed by atoms with van der Waals surface area (Å²) in [7, 11) is 1.91. The Morgan fingerprint density at radius 2 is 2.12 bits per heavy atom. The summed E-state index contributed by atoms with van der Waals surface area (Å²) in [5.41, 5.74) is 1.82.